The molecule has 23 heteroatoms. The van der Waals surface area contributed by atoms with E-state index < -0.39 is 62.3 Å². The molecule has 1 aromatic heterocycles. The van der Waals surface area contributed by atoms with E-state index in [0.717, 1.165) is 18.4 Å². The van der Waals surface area contributed by atoms with Gasteiger partial charge in [-0.25, -0.2) is 18.4 Å². The Labute approximate surface area is 237 Å². The molecule has 1 fully saturated rings. The Morgan fingerprint density at radius 3 is 2.34 bits per heavy atom. The SMILES string of the molecule is CS(=O)(=O)NCCNc1nc(Nc2cc(S(=O)(=O)O)ccc2SOOO)nc(NC2C(O)OC(CO)C(O)C2O)n1. The number of nitrogens with one attached hydrogen (secondary N) is 4. The number of benzene rings is 1. The Morgan fingerprint density at radius 2 is 1.71 bits per heavy atom. The molecule has 0 spiro atoms. The zero-order valence-corrected chi connectivity index (χ0v) is 23.3. The molecule has 0 aliphatic carbocycles. The third-order valence-corrected chi connectivity index (χ3v) is 7.50. The minimum atomic E-state index is -4.66. The minimum absolute atomic E-state index is 0.0222. The van der Waals surface area contributed by atoms with Crippen molar-refractivity contribution in [1.29, 1.82) is 0 Å². The van der Waals surface area contributed by atoms with Crippen LogP contribution < -0.4 is 20.7 Å². The van der Waals surface area contributed by atoms with E-state index in [1.54, 1.807) is 0 Å². The fraction of sp³-hybridized carbons (Fsp3) is 0.500. The van der Waals surface area contributed by atoms with Crippen LogP contribution in [0.2, 0.25) is 0 Å². The van der Waals surface area contributed by atoms with Gasteiger partial charge in [-0.2, -0.15) is 23.4 Å². The van der Waals surface area contributed by atoms with Crippen LogP contribution in [-0.2, 0) is 34.3 Å². The molecule has 1 aromatic carbocycles. The first-order valence-corrected chi connectivity index (χ1v) is 15.3. The zero-order chi connectivity index (χ0) is 30.4. The zero-order valence-electron chi connectivity index (χ0n) is 20.8. The Bertz CT molecular complexity index is 1400. The Hall–Kier alpha value is -2.52. The average molecular weight is 646 g/mol. The molecule has 5 unspecified atom stereocenters. The highest BCUT2D eigenvalue weighted by atomic mass is 32.2. The van der Waals surface area contributed by atoms with Gasteiger partial charge in [0.1, 0.15) is 24.4 Å². The van der Waals surface area contributed by atoms with Crippen molar-refractivity contribution in [2.24, 2.45) is 0 Å². The van der Waals surface area contributed by atoms with Gasteiger partial charge in [0, 0.05) is 13.1 Å². The van der Waals surface area contributed by atoms with E-state index in [9.17, 15) is 41.8 Å². The summed E-state index contributed by atoms with van der Waals surface area (Å²) in [4.78, 5) is 11.8. The molecular formula is C18H27N7O13S3. The molecule has 0 bridgehead atoms. The molecule has 10 N–H and O–H groups in total. The number of hydrogen-bond donors (Lipinski definition) is 10. The summed E-state index contributed by atoms with van der Waals surface area (Å²) in [6, 6.07) is 1.79. The highest BCUT2D eigenvalue weighted by Crippen LogP contribution is 2.32. The summed E-state index contributed by atoms with van der Waals surface area (Å²) in [6.07, 6.45) is -5.31. The number of sulfonamides is 1. The second-order valence-corrected chi connectivity index (χ2v) is 12.3. The summed E-state index contributed by atoms with van der Waals surface area (Å²) >= 11 is 0.435. The molecule has 3 rings (SSSR count). The van der Waals surface area contributed by atoms with E-state index in [2.05, 4.69) is 45.0 Å². The largest absolute Gasteiger partial charge is 0.394 e. The Balaban J connectivity index is 1.95. The number of anilines is 4. The lowest BCUT2D eigenvalue weighted by atomic mass is 9.97. The summed E-state index contributed by atoms with van der Waals surface area (Å²) in [5, 5.41) is 60.2. The molecule has 20 nitrogen and oxygen atoms in total. The van der Waals surface area contributed by atoms with Crippen LogP contribution in [0.1, 0.15) is 0 Å². The number of ether oxygens (including phenoxy) is 1. The first-order valence-electron chi connectivity index (χ1n) is 11.3. The van der Waals surface area contributed by atoms with Gasteiger partial charge in [-0.3, -0.25) is 4.55 Å². The first-order chi connectivity index (χ1) is 19.2. The molecular weight excluding hydrogens is 618 g/mol. The summed E-state index contributed by atoms with van der Waals surface area (Å²) in [6.45, 7) is -0.786. The lowest BCUT2D eigenvalue weighted by Crippen LogP contribution is -2.61. The second-order valence-electron chi connectivity index (χ2n) is 8.28. The van der Waals surface area contributed by atoms with E-state index in [4.69, 9.17) is 9.99 Å². The molecule has 5 atom stereocenters. The minimum Gasteiger partial charge on any atom is -0.394 e. The smallest absolute Gasteiger partial charge is 0.294 e. The number of nitrogens with zero attached hydrogens (tertiary/aromatic N) is 3. The number of aliphatic hydroxyl groups excluding tert-OH is 4. The lowest BCUT2D eigenvalue weighted by Gasteiger charge is -2.40. The third kappa shape index (κ3) is 9.50. The van der Waals surface area contributed by atoms with E-state index >= 15 is 0 Å². The van der Waals surface area contributed by atoms with Gasteiger partial charge in [-0.05, 0) is 18.2 Å². The van der Waals surface area contributed by atoms with Gasteiger partial charge >= 0.3 is 0 Å². The predicted octanol–water partition coefficient (Wildman–Crippen LogP) is -2.54. The van der Waals surface area contributed by atoms with E-state index in [-0.39, 0.29) is 41.5 Å². The molecule has 0 radical (unpaired) electrons. The highest BCUT2D eigenvalue weighted by Gasteiger charge is 2.44. The normalized spacial score (nSPS) is 23.2. The standard InChI is InChI=1S/C18H27N7O13S3/c1-40(31,32)20-5-4-19-16-23-17(21-9-6-8(41(33,34)35)2-3-11(9)39-38-37-30)25-18(24-16)22-12-14(28)13(27)10(7-26)36-15(12)29/h2-3,6,10,12-15,20,26-30H,4-5,7H2,1H3,(H,33,34,35)(H3,19,21,22,23,24,25). The molecule has 1 aliphatic heterocycles. The Kier molecular flexibility index (Phi) is 11.3. The van der Waals surface area contributed by atoms with Crippen LogP contribution in [0, 0.1) is 0 Å². The van der Waals surface area contributed by atoms with Crippen molar-refractivity contribution in [3.63, 3.8) is 0 Å². The average Bonchev–Trinajstić information content (AvgIpc) is 2.89. The van der Waals surface area contributed by atoms with Gasteiger partial charge in [0.05, 0.1) is 40.4 Å². The summed E-state index contributed by atoms with van der Waals surface area (Å²) in [5.41, 5.74) is -0.0775. The number of aromatic nitrogens is 3. The number of aliphatic hydroxyl groups is 4. The van der Waals surface area contributed by atoms with Crippen LogP contribution in [0.5, 0.6) is 0 Å². The fourth-order valence-electron chi connectivity index (χ4n) is 3.40. The quantitative estimate of drug-likeness (QED) is 0.0333. The van der Waals surface area contributed by atoms with Crippen LogP contribution in [0.3, 0.4) is 0 Å². The van der Waals surface area contributed by atoms with Gasteiger partial charge in [-0.15, -0.1) is 4.33 Å². The van der Waals surface area contributed by atoms with Crippen molar-refractivity contribution in [3.8, 4) is 0 Å². The molecule has 1 aliphatic rings. The summed E-state index contributed by atoms with van der Waals surface area (Å²) < 4.78 is 67.1. The molecule has 230 valence electrons. The van der Waals surface area contributed by atoms with Crippen molar-refractivity contribution >= 4 is 55.7 Å². The molecule has 2 heterocycles. The maximum atomic E-state index is 11.7. The third-order valence-electron chi connectivity index (χ3n) is 5.25. The second kappa shape index (κ2) is 14.1. The molecule has 0 saturated carbocycles. The predicted molar refractivity (Wildman–Crippen MR) is 139 cm³/mol. The molecule has 2 aromatic rings. The summed E-state index contributed by atoms with van der Waals surface area (Å²) in [7, 11) is -8.16. The van der Waals surface area contributed by atoms with Crippen LogP contribution in [0.15, 0.2) is 28.0 Å². The van der Waals surface area contributed by atoms with Crippen LogP contribution in [0.25, 0.3) is 0 Å². The number of hydrogen-bond acceptors (Lipinski definition) is 19. The maximum Gasteiger partial charge on any atom is 0.294 e. The molecule has 0 amide bonds. The van der Waals surface area contributed by atoms with Crippen molar-refractivity contribution in [1.82, 2.24) is 19.7 Å². The van der Waals surface area contributed by atoms with Crippen molar-refractivity contribution in [2.45, 2.75) is 40.4 Å². The van der Waals surface area contributed by atoms with Crippen LogP contribution in [-0.4, -0.2) is 119 Å². The molecule has 1 saturated heterocycles. The van der Waals surface area contributed by atoms with Gasteiger partial charge in [0.2, 0.25) is 27.9 Å². The molecule has 41 heavy (non-hydrogen) atoms. The van der Waals surface area contributed by atoms with E-state index in [0.29, 0.717) is 12.0 Å². The van der Waals surface area contributed by atoms with Crippen molar-refractivity contribution in [3.05, 3.63) is 18.2 Å². The first kappa shape index (κ1) is 33.0. The van der Waals surface area contributed by atoms with Gasteiger partial charge in [0.15, 0.2) is 6.29 Å². The van der Waals surface area contributed by atoms with Gasteiger partial charge in [0.25, 0.3) is 10.1 Å². The van der Waals surface area contributed by atoms with Gasteiger partial charge < -0.3 is 41.1 Å². The maximum absolute atomic E-state index is 11.7. The highest BCUT2D eigenvalue weighted by molar-refractivity contribution is 7.94. The van der Waals surface area contributed by atoms with Crippen LogP contribution in [0.4, 0.5) is 23.5 Å². The van der Waals surface area contributed by atoms with E-state index in [1.807, 2.05) is 0 Å². The van der Waals surface area contributed by atoms with Crippen LogP contribution >= 0.6 is 12.0 Å². The lowest BCUT2D eigenvalue weighted by molar-refractivity contribution is -0.432. The van der Waals surface area contributed by atoms with E-state index in [1.165, 1.54) is 6.07 Å². The van der Waals surface area contributed by atoms with Crippen molar-refractivity contribution < 1.29 is 61.2 Å². The summed E-state index contributed by atoms with van der Waals surface area (Å²) in [5.74, 6) is -0.794. The van der Waals surface area contributed by atoms with Gasteiger partial charge in [-0.1, -0.05) is 5.04 Å². The van der Waals surface area contributed by atoms with Crippen molar-refractivity contribution in [2.75, 3.05) is 41.9 Å². The monoisotopic (exact) mass is 645 g/mol. The fourth-order valence-corrected chi connectivity index (χ4v) is 4.81. The number of rotatable bonds is 14. The Morgan fingerprint density at radius 1 is 1.02 bits per heavy atom. The topological polar surface area (TPSA) is 304 Å².